The first kappa shape index (κ1) is 17.7. The Bertz CT molecular complexity index is 1060. The standard InChI is InChI=1S/C20H25N9O/c1-11-4-15(30-28-11)9-22-20-24-17(23-18-6-16(26-27-18)12-2-3-12)7-19(25-20)29-10-13-5-14(29)8-21-13/h4,6-7,12-14,21H,2-3,5,8-10H2,1H3,(H3,22,23,24,25,26,27). The zero-order chi connectivity index (χ0) is 20.1. The summed E-state index contributed by atoms with van der Waals surface area (Å²) < 4.78 is 5.30. The molecule has 30 heavy (non-hydrogen) atoms. The molecule has 10 nitrogen and oxygen atoms in total. The summed E-state index contributed by atoms with van der Waals surface area (Å²) in [7, 11) is 0. The topological polar surface area (TPSA) is 120 Å². The van der Waals surface area contributed by atoms with Gasteiger partial charge in [-0.2, -0.15) is 15.1 Å². The van der Waals surface area contributed by atoms with Gasteiger partial charge in [-0.05, 0) is 26.2 Å². The summed E-state index contributed by atoms with van der Waals surface area (Å²) in [6.07, 6.45) is 3.64. The van der Waals surface area contributed by atoms with Gasteiger partial charge in [0.1, 0.15) is 11.6 Å². The Balaban J connectivity index is 1.26. The van der Waals surface area contributed by atoms with Crippen LogP contribution in [0, 0.1) is 6.92 Å². The number of aromatic amines is 1. The Morgan fingerprint density at radius 2 is 2.13 bits per heavy atom. The monoisotopic (exact) mass is 407 g/mol. The number of aromatic nitrogens is 5. The molecule has 1 aliphatic carbocycles. The first-order valence-electron chi connectivity index (χ1n) is 10.6. The van der Waals surface area contributed by atoms with Crippen molar-refractivity contribution < 1.29 is 4.52 Å². The smallest absolute Gasteiger partial charge is 0.227 e. The van der Waals surface area contributed by atoms with E-state index in [4.69, 9.17) is 9.51 Å². The molecule has 0 aromatic carbocycles. The van der Waals surface area contributed by atoms with E-state index >= 15 is 0 Å². The summed E-state index contributed by atoms with van der Waals surface area (Å²) in [4.78, 5) is 11.8. The van der Waals surface area contributed by atoms with Gasteiger partial charge in [0.25, 0.3) is 0 Å². The van der Waals surface area contributed by atoms with Crippen molar-refractivity contribution in [3.63, 3.8) is 0 Å². The second-order valence-electron chi connectivity index (χ2n) is 8.48. The van der Waals surface area contributed by atoms with Crippen LogP contribution in [0.5, 0.6) is 0 Å². The van der Waals surface area contributed by atoms with Gasteiger partial charge in [0.05, 0.1) is 12.2 Å². The van der Waals surface area contributed by atoms with Gasteiger partial charge in [-0.3, -0.25) is 5.10 Å². The van der Waals surface area contributed by atoms with Crippen LogP contribution in [0.3, 0.4) is 0 Å². The molecule has 0 amide bonds. The highest BCUT2D eigenvalue weighted by atomic mass is 16.5. The van der Waals surface area contributed by atoms with E-state index in [1.54, 1.807) is 0 Å². The van der Waals surface area contributed by atoms with E-state index in [1.807, 2.05) is 19.1 Å². The van der Waals surface area contributed by atoms with Crippen molar-refractivity contribution in [1.82, 2.24) is 30.6 Å². The Labute approximate surface area is 173 Å². The molecule has 156 valence electrons. The van der Waals surface area contributed by atoms with E-state index in [0.717, 1.165) is 48.4 Å². The lowest BCUT2D eigenvalue weighted by atomic mass is 10.2. The van der Waals surface area contributed by atoms with Crippen LogP contribution in [-0.2, 0) is 6.54 Å². The van der Waals surface area contributed by atoms with Gasteiger partial charge in [0.15, 0.2) is 11.6 Å². The quantitative estimate of drug-likeness (QED) is 0.467. The normalized spacial score (nSPS) is 22.6. The highest BCUT2D eigenvalue weighted by molar-refractivity contribution is 5.60. The molecular weight excluding hydrogens is 382 g/mol. The summed E-state index contributed by atoms with van der Waals surface area (Å²) in [5.41, 5.74) is 2.04. The SMILES string of the molecule is Cc1cc(CNc2nc(Nc3cc(C4CC4)[nH]n3)cc(N3CC4CC3CN4)n2)on1. The third kappa shape index (κ3) is 3.47. The van der Waals surface area contributed by atoms with Crippen molar-refractivity contribution in [3.8, 4) is 0 Å². The lowest BCUT2D eigenvalue weighted by molar-refractivity contribution is 0.384. The number of hydrogen-bond donors (Lipinski definition) is 4. The Hall–Kier alpha value is -3.14. The first-order valence-corrected chi connectivity index (χ1v) is 10.6. The van der Waals surface area contributed by atoms with Crippen molar-refractivity contribution in [2.24, 2.45) is 0 Å². The summed E-state index contributed by atoms with van der Waals surface area (Å²) >= 11 is 0. The second kappa shape index (κ2) is 6.98. The lowest BCUT2D eigenvalue weighted by Gasteiger charge is -2.29. The van der Waals surface area contributed by atoms with Crippen LogP contribution in [0.1, 0.15) is 42.3 Å². The number of nitrogens with zero attached hydrogens (tertiary/aromatic N) is 5. The van der Waals surface area contributed by atoms with Crippen LogP contribution in [-0.4, -0.2) is 50.5 Å². The number of anilines is 4. The maximum Gasteiger partial charge on any atom is 0.227 e. The van der Waals surface area contributed by atoms with Crippen LogP contribution >= 0.6 is 0 Å². The zero-order valence-corrected chi connectivity index (χ0v) is 16.9. The predicted molar refractivity (Wildman–Crippen MR) is 112 cm³/mol. The number of rotatable bonds is 7. The molecule has 6 rings (SSSR count). The van der Waals surface area contributed by atoms with Crippen molar-refractivity contribution in [3.05, 3.63) is 35.3 Å². The number of aryl methyl sites for hydroxylation is 1. The maximum absolute atomic E-state index is 5.30. The Morgan fingerprint density at radius 3 is 2.87 bits per heavy atom. The Morgan fingerprint density at radius 1 is 1.20 bits per heavy atom. The molecule has 1 saturated carbocycles. The molecule has 3 fully saturated rings. The van der Waals surface area contributed by atoms with Crippen molar-refractivity contribution in [1.29, 1.82) is 0 Å². The summed E-state index contributed by atoms with van der Waals surface area (Å²) in [5.74, 6) is 4.36. The third-order valence-electron chi connectivity index (χ3n) is 6.03. The number of H-pyrrole nitrogens is 1. The molecular formula is C20H25N9O. The molecule has 4 N–H and O–H groups in total. The fourth-order valence-electron chi connectivity index (χ4n) is 4.37. The first-order chi connectivity index (χ1) is 14.7. The molecule has 3 aromatic heterocycles. The van der Waals surface area contributed by atoms with E-state index in [2.05, 4.69) is 47.3 Å². The molecule has 0 spiro atoms. The minimum Gasteiger partial charge on any atom is -0.359 e. The molecule has 0 radical (unpaired) electrons. The van der Waals surface area contributed by atoms with Gasteiger partial charge in [0, 0.05) is 55.0 Å². The van der Waals surface area contributed by atoms with E-state index < -0.39 is 0 Å². The minimum atomic E-state index is 0.478. The average Bonchev–Trinajstić information content (AvgIpc) is 3.12. The van der Waals surface area contributed by atoms with Crippen LogP contribution in [0.4, 0.5) is 23.4 Å². The number of piperazine rings is 1. The summed E-state index contributed by atoms with van der Waals surface area (Å²) in [5, 5.41) is 21.6. The van der Waals surface area contributed by atoms with Gasteiger partial charge < -0.3 is 25.4 Å². The van der Waals surface area contributed by atoms with E-state index in [0.29, 0.717) is 30.5 Å². The van der Waals surface area contributed by atoms with Crippen LogP contribution in [0.15, 0.2) is 22.7 Å². The van der Waals surface area contributed by atoms with Gasteiger partial charge in [0.2, 0.25) is 5.95 Å². The molecule has 2 saturated heterocycles. The molecule has 3 aliphatic rings. The molecule has 5 heterocycles. The molecule has 2 bridgehead atoms. The van der Waals surface area contributed by atoms with E-state index in [9.17, 15) is 0 Å². The van der Waals surface area contributed by atoms with Crippen LogP contribution < -0.4 is 20.9 Å². The van der Waals surface area contributed by atoms with Gasteiger partial charge in [-0.25, -0.2) is 0 Å². The van der Waals surface area contributed by atoms with Crippen LogP contribution in [0.2, 0.25) is 0 Å². The van der Waals surface area contributed by atoms with Gasteiger partial charge >= 0.3 is 0 Å². The molecule has 2 atom stereocenters. The van der Waals surface area contributed by atoms with Gasteiger partial charge in [-0.1, -0.05) is 5.16 Å². The fourth-order valence-corrected chi connectivity index (χ4v) is 4.37. The molecule has 2 aliphatic heterocycles. The van der Waals surface area contributed by atoms with Crippen molar-refractivity contribution in [2.45, 2.75) is 50.7 Å². The number of nitrogens with one attached hydrogen (secondary N) is 4. The van der Waals surface area contributed by atoms with Crippen molar-refractivity contribution in [2.75, 3.05) is 28.6 Å². The van der Waals surface area contributed by atoms with Crippen molar-refractivity contribution >= 4 is 23.4 Å². The summed E-state index contributed by atoms with van der Waals surface area (Å²) in [6, 6.07) is 7.02. The average molecular weight is 407 g/mol. The zero-order valence-electron chi connectivity index (χ0n) is 16.9. The summed E-state index contributed by atoms with van der Waals surface area (Å²) in [6.45, 7) is 4.35. The Kier molecular flexibility index (Phi) is 4.12. The highest BCUT2D eigenvalue weighted by Gasteiger charge is 2.38. The van der Waals surface area contributed by atoms with E-state index in [1.165, 1.54) is 18.5 Å². The maximum atomic E-state index is 5.30. The predicted octanol–water partition coefficient (Wildman–Crippen LogP) is 2.28. The lowest BCUT2D eigenvalue weighted by Crippen LogP contribution is -2.44. The number of hydrogen-bond acceptors (Lipinski definition) is 9. The number of fused-ring (bicyclic) bond motifs is 2. The minimum absolute atomic E-state index is 0.478. The van der Waals surface area contributed by atoms with E-state index in [-0.39, 0.29) is 0 Å². The molecule has 10 heteroatoms. The third-order valence-corrected chi connectivity index (χ3v) is 6.03. The largest absolute Gasteiger partial charge is 0.359 e. The fraction of sp³-hybridized carbons (Fsp3) is 0.500. The second-order valence-corrected chi connectivity index (χ2v) is 8.48. The van der Waals surface area contributed by atoms with Gasteiger partial charge in [-0.15, -0.1) is 0 Å². The highest BCUT2D eigenvalue weighted by Crippen LogP contribution is 2.39. The molecule has 3 aromatic rings. The van der Waals surface area contributed by atoms with Crippen LogP contribution in [0.25, 0.3) is 0 Å². The molecule has 2 unspecified atom stereocenters.